The van der Waals surface area contributed by atoms with Crippen molar-refractivity contribution in [2.75, 3.05) is 4.90 Å². The molecule has 0 saturated carbocycles. The van der Waals surface area contributed by atoms with Gasteiger partial charge in [-0.2, -0.15) is 0 Å². The molecule has 2 rings (SSSR count). The van der Waals surface area contributed by atoms with Gasteiger partial charge in [0.25, 0.3) is 0 Å². The molecule has 7 heteroatoms. The van der Waals surface area contributed by atoms with Crippen LogP contribution in [0, 0.1) is 0 Å². The lowest BCUT2D eigenvalue weighted by molar-refractivity contribution is 0.00578. The lowest BCUT2D eigenvalue weighted by atomic mass is 9.78. The highest BCUT2D eigenvalue weighted by atomic mass is 35.5. The molecule has 1 heterocycles. The predicted octanol–water partition coefficient (Wildman–Crippen LogP) is 3.92. The van der Waals surface area contributed by atoms with E-state index in [1.807, 2.05) is 48.5 Å². The van der Waals surface area contributed by atoms with Crippen LogP contribution in [0.15, 0.2) is 18.2 Å². The minimum atomic E-state index is -1.02. The second-order valence-electron chi connectivity index (χ2n) is 8.08. The Morgan fingerprint density at radius 2 is 1.67 bits per heavy atom. The van der Waals surface area contributed by atoms with Gasteiger partial charge in [-0.15, -0.1) is 0 Å². The third-order valence-corrected chi connectivity index (χ3v) is 4.95. The fourth-order valence-electron chi connectivity index (χ4n) is 2.61. The van der Waals surface area contributed by atoms with E-state index in [0.29, 0.717) is 16.2 Å². The molecule has 0 spiro atoms. The molecule has 0 unspecified atom stereocenters. The topological polar surface area (TPSA) is 59.0 Å². The van der Waals surface area contributed by atoms with Gasteiger partial charge in [-0.3, -0.25) is 4.90 Å². The maximum atomic E-state index is 11.7. The average Bonchev–Trinajstić information content (AvgIpc) is 2.58. The third-order valence-electron chi connectivity index (χ3n) is 4.61. The Balaban J connectivity index is 2.46. The van der Waals surface area contributed by atoms with E-state index in [2.05, 4.69) is 0 Å². The van der Waals surface area contributed by atoms with Gasteiger partial charge < -0.3 is 14.4 Å². The molecule has 1 amide bonds. The van der Waals surface area contributed by atoms with Crippen molar-refractivity contribution in [1.29, 1.82) is 0 Å². The number of amides is 1. The minimum absolute atomic E-state index is 0.483. The Labute approximate surface area is 149 Å². The van der Waals surface area contributed by atoms with E-state index in [0.717, 1.165) is 0 Å². The molecule has 1 N–H and O–H groups in total. The molecule has 1 aliphatic heterocycles. The van der Waals surface area contributed by atoms with Gasteiger partial charge in [-0.25, -0.2) is 4.79 Å². The maximum Gasteiger partial charge on any atom is 0.496 e. The van der Waals surface area contributed by atoms with Gasteiger partial charge in [-0.05, 0) is 66.7 Å². The lowest BCUT2D eigenvalue weighted by Gasteiger charge is -2.33. The highest BCUT2D eigenvalue weighted by Gasteiger charge is 2.52. The molecule has 1 saturated heterocycles. The second kappa shape index (κ2) is 5.93. The van der Waals surface area contributed by atoms with Crippen molar-refractivity contribution in [3.63, 3.8) is 0 Å². The largest absolute Gasteiger partial charge is 0.496 e. The van der Waals surface area contributed by atoms with E-state index >= 15 is 0 Å². The Hall–Kier alpha value is -1.24. The van der Waals surface area contributed by atoms with Crippen LogP contribution < -0.4 is 10.4 Å². The zero-order valence-corrected chi connectivity index (χ0v) is 16.1. The third kappa shape index (κ3) is 3.41. The Morgan fingerprint density at radius 1 is 1.17 bits per heavy atom. The first-order valence-electron chi connectivity index (χ1n) is 7.94. The molecular weight excluding hydrogens is 328 g/mol. The molecule has 0 aliphatic carbocycles. The van der Waals surface area contributed by atoms with Crippen LogP contribution in [0.3, 0.4) is 0 Å². The summed E-state index contributed by atoms with van der Waals surface area (Å²) in [6.45, 7) is 13.4. The number of carbonyl (C=O) groups is 1. The number of hydrogen-bond acceptors (Lipinski definition) is 3. The monoisotopic (exact) mass is 353 g/mol. The van der Waals surface area contributed by atoms with Crippen molar-refractivity contribution in [2.24, 2.45) is 0 Å². The van der Waals surface area contributed by atoms with E-state index in [9.17, 15) is 9.90 Å². The SMILES string of the molecule is CC(C)(C)N(C(=O)O)c1ccc(Cl)c(B2OC(C)(C)C(C)(C)O2)c1. The molecule has 0 radical (unpaired) electrons. The first-order valence-corrected chi connectivity index (χ1v) is 8.32. The van der Waals surface area contributed by atoms with Crippen LogP contribution in [-0.4, -0.2) is 35.1 Å². The van der Waals surface area contributed by atoms with Crippen LogP contribution >= 0.6 is 11.6 Å². The quantitative estimate of drug-likeness (QED) is 0.819. The molecule has 1 aliphatic rings. The zero-order chi connectivity index (χ0) is 18.5. The van der Waals surface area contributed by atoms with Crippen molar-refractivity contribution >= 4 is 36.0 Å². The van der Waals surface area contributed by atoms with Gasteiger partial charge >= 0.3 is 13.2 Å². The minimum Gasteiger partial charge on any atom is -0.465 e. The maximum absolute atomic E-state index is 11.7. The van der Waals surface area contributed by atoms with Gasteiger partial charge in [0.05, 0.1) is 11.2 Å². The van der Waals surface area contributed by atoms with Crippen molar-refractivity contribution in [2.45, 2.75) is 65.2 Å². The normalized spacial score (nSPS) is 19.4. The van der Waals surface area contributed by atoms with Gasteiger partial charge in [-0.1, -0.05) is 11.6 Å². The highest BCUT2D eigenvalue weighted by molar-refractivity contribution is 6.65. The van der Waals surface area contributed by atoms with Crippen molar-refractivity contribution in [3.05, 3.63) is 23.2 Å². The average molecular weight is 354 g/mol. The van der Waals surface area contributed by atoms with E-state index < -0.39 is 30.0 Å². The number of rotatable bonds is 2. The van der Waals surface area contributed by atoms with E-state index in [4.69, 9.17) is 20.9 Å². The van der Waals surface area contributed by atoms with Crippen molar-refractivity contribution < 1.29 is 19.2 Å². The molecule has 24 heavy (non-hydrogen) atoms. The van der Waals surface area contributed by atoms with Crippen LogP contribution in [0.25, 0.3) is 0 Å². The van der Waals surface area contributed by atoms with Gasteiger partial charge in [0, 0.05) is 21.7 Å². The van der Waals surface area contributed by atoms with E-state index in [-0.39, 0.29) is 0 Å². The standard InChI is InChI=1S/C17H25BClNO4/c1-15(2,3)20(14(21)22)11-8-9-13(19)12(10-11)18-23-16(4,5)17(6,7)24-18/h8-10H,1-7H3,(H,21,22). The molecule has 132 valence electrons. The Bertz CT molecular complexity index is 638. The first kappa shape index (κ1) is 19.1. The molecule has 1 aromatic carbocycles. The van der Waals surface area contributed by atoms with Crippen molar-refractivity contribution in [1.82, 2.24) is 0 Å². The summed E-state index contributed by atoms with van der Waals surface area (Å²) >= 11 is 6.34. The van der Waals surface area contributed by atoms with Crippen molar-refractivity contribution in [3.8, 4) is 0 Å². The zero-order valence-electron chi connectivity index (χ0n) is 15.3. The molecule has 0 aromatic heterocycles. The van der Waals surface area contributed by atoms with Gasteiger partial charge in [0.1, 0.15) is 0 Å². The van der Waals surface area contributed by atoms with Crippen LogP contribution in [0.1, 0.15) is 48.5 Å². The number of anilines is 1. The number of carboxylic acid groups (broad SMARTS) is 1. The number of nitrogens with zero attached hydrogens (tertiary/aromatic N) is 1. The fourth-order valence-corrected chi connectivity index (χ4v) is 2.81. The number of hydrogen-bond donors (Lipinski definition) is 1. The summed E-state index contributed by atoms with van der Waals surface area (Å²) in [6.07, 6.45) is -1.02. The van der Waals surface area contributed by atoms with Crippen LogP contribution in [0.2, 0.25) is 5.02 Å². The van der Waals surface area contributed by atoms with E-state index in [1.165, 1.54) is 4.90 Å². The Kier molecular flexibility index (Phi) is 4.72. The molecule has 0 bridgehead atoms. The predicted molar refractivity (Wildman–Crippen MR) is 97.4 cm³/mol. The second-order valence-corrected chi connectivity index (χ2v) is 8.49. The summed E-state index contributed by atoms with van der Waals surface area (Å²) in [5.74, 6) is 0. The van der Waals surface area contributed by atoms with Crippen LogP contribution in [-0.2, 0) is 9.31 Å². The fraction of sp³-hybridized carbons (Fsp3) is 0.588. The summed E-state index contributed by atoms with van der Waals surface area (Å²) in [6, 6.07) is 5.10. The molecular formula is C17H25BClNO4. The van der Waals surface area contributed by atoms with Gasteiger partial charge in [0.2, 0.25) is 0 Å². The molecule has 1 aromatic rings. The number of halogens is 1. The number of benzene rings is 1. The van der Waals surface area contributed by atoms with Gasteiger partial charge in [0.15, 0.2) is 0 Å². The Morgan fingerprint density at radius 3 is 2.08 bits per heavy atom. The van der Waals surface area contributed by atoms with Crippen LogP contribution in [0.4, 0.5) is 10.5 Å². The van der Waals surface area contributed by atoms with Crippen LogP contribution in [0.5, 0.6) is 0 Å². The summed E-state index contributed by atoms with van der Waals surface area (Å²) in [5, 5.41) is 10.1. The summed E-state index contributed by atoms with van der Waals surface area (Å²) < 4.78 is 12.1. The molecule has 0 atom stereocenters. The molecule has 5 nitrogen and oxygen atoms in total. The summed E-state index contributed by atoms with van der Waals surface area (Å²) in [4.78, 5) is 13.0. The smallest absolute Gasteiger partial charge is 0.465 e. The molecule has 1 fully saturated rings. The summed E-state index contributed by atoms with van der Waals surface area (Å²) in [7, 11) is -0.641. The van der Waals surface area contributed by atoms with E-state index in [1.54, 1.807) is 18.2 Å². The lowest BCUT2D eigenvalue weighted by Crippen LogP contribution is -2.46. The highest BCUT2D eigenvalue weighted by Crippen LogP contribution is 2.37. The summed E-state index contributed by atoms with van der Waals surface area (Å²) in [5.41, 5.74) is -0.416. The first-order chi connectivity index (χ1) is 10.8.